The van der Waals surface area contributed by atoms with Crippen molar-refractivity contribution < 1.29 is 4.79 Å². The van der Waals surface area contributed by atoms with E-state index in [1.54, 1.807) is 0 Å². The number of nitrogens with zero attached hydrogens (tertiary/aromatic N) is 1. The summed E-state index contributed by atoms with van der Waals surface area (Å²) in [5.41, 5.74) is 2.22. The molecule has 0 spiro atoms. The van der Waals surface area contributed by atoms with E-state index in [9.17, 15) is 4.79 Å². The Balaban J connectivity index is 2.22. The molecule has 1 aromatic carbocycles. The van der Waals surface area contributed by atoms with Crippen LogP contribution in [-0.2, 0) is 4.79 Å². The van der Waals surface area contributed by atoms with Gasteiger partial charge < -0.3 is 10.2 Å². The molecular weight excluding hydrogens is 200 g/mol. The Labute approximate surface area is 96.5 Å². The van der Waals surface area contributed by atoms with Gasteiger partial charge in [0, 0.05) is 12.2 Å². The Morgan fingerprint density at radius 3 is 2.88 bits per heavy atom. The molecule has 1 aromatic rings. The van der Waals surface area contributed by atoms with Crippen LogP contribution in [0.1, 0.15) is 18.4 Å². The fourth-order valence-electron chi connectivity index (χ4n) is 2.06. The van der Waals surface area contributed by atoms with Crippen molar-refractivity contribution in [3.05, 3.63) is 29.8 Å². The SMILES string of the molecule is Cc1ccccc1N1CCCCNCC1=O. The lowest BCUT2D eigenvalue weighted by atomic mass is 10.1. The van der Waals surface area contributed by atoms with Crippen molar-refractivity contribution >= 4 is 11.6 Å². The molecule has 86 valence electrons. The summed E-state index contributed by atoms with van der Waals surface area (Å²) in [6.07, 6.45) is 2.20. The van der Waals surface area contributed by atoms with E-state index in [2.05, 4.69) is 18.3 Å². The van der Waals surface area contributed by atoms with Gasteiger partial charge in [-0.25, -0.2) is 0 Å². The smallest absolute Gasteiger partial charge is 0.240 e. The van der Waals surface area contributed by atoms with E-state index in [1.165, 1.54) is 0 Å². The Hall–Kier alpha value is -1.35. The summed E-state index contributed by atoms with van der Waals surface area (Å²) in [6.45, 7) is 4.29. The van der Waals surface area contributed by atoms with E-state index in [0.717, 1.165) is 37.2 Å². The monoisotopic (exact) mass is 218 g/mol. The van der Waals surface area contributed by atoms with E-state index in [-0.39, 0.29) is 5.91 Å². The largest absolute Gasteiger partial charge is 0.311 e. The topological polar surface area (TPSA) is 32.3 Å². The number of benzene rings is 1. The van der Waals surface area contributed by atoms with Gasteiger partial charge in [0.2, 0.25) is 5.91 Å². The lowest BCUT2D eigenvalue weighted by Crippen LogP contribution is -2.41. The van der Waals surface area contributed by atoms with Crippen molar-refractivity contribution in [2.75, 3.05) is 24.5 Å². The molecule has 1 heterocycles. The highest BCUT2D eigenvalue weighted by molar-refractivity contribution is 5.95. The van der Waals surface area contributed by atoms with Gasteiger partial charge in [-0.1, -0.05) is 18.2 Å². The van der Waals surface area contributed by atoms with E-state index < -0.39 is 0 Å². The third-order valence-corrected chi connectivity index (χ3v) is 2.97. The second kappa shape index (κ2) is 5.12. The molecular formula is C13H18N2O. The number of nitrogens with one attached hydrogen (secondary N) is 1. The standard InChI is InChI=1S/C13H18N2O/c1-11-6-2-3-7-12(11)15-9-5-4-8-14-10-13(15)16/h2-3,6-7,14H,4-5,8-10H2,1H3. The Bertz CT molecular complexity index is 376. The number of anilines is 1. The van der Waals surface area contributed by atoms with Gasteiger partial charge in [-0.2, -0.15) is 0 Å². The predicted octanol–water partition coefficient (Wildman–Crippen LogP) is 1.71. The fraction of sp³-hybridized carbons (Fsp3) is 0.462. The third-order valence-electron chi connectivity index (χ3n) is 2.97. The zero-order valence-electron chi connectivity index (χ0n) is 9.70. The highest BCUT2D eigenvalue weighted by atomic mass is 16.2. The number of para-hydroxylation sites is 1. The molecule has 0 aromatic heterocycles. The number of hydrogen-bond donors (Lipinski definition) is 1. The van der Waals surface area contributed by atoms with E-state index >= 15 is 0 Å². The molecule has 16 heavy (non-hydrogen) atoms. The number of amides is 1. The van der Waals surface area contributed by atoms with Gasteiger partial charge in [0.05, 0.1) is 6.54 Å². The summed E-state index contributed by atoms with van der Waals surface area (Å²) in [7, 11) is 0. The summed E-state index contributed by atoms with van der Waals surface area (Å²) < 4.78 is 0. The third kappa shape index (κ3) is 2.42. The van der Waals surface area contributed by atoms with Crippen molar-refractivity contribution in [2.24, 2.45) is 0 Å². The Morgan fingerprint density at radius 1 is 1.25 bits per heavy atom. The van der Waals surface area contributed by atoms with Gasteiger partial charge in [-0.3, -0.25) is 4.79 Å². The van der Waals surface area contributed by atoms with Gasteiger partial charge in [0.25, 0.3) is 0 Å². The molecule has 1 aliphatic heterocycles. The van der Waals surface area contributed by atoms with E-state index in [4.69, 9.17) is 0 Å². The van der Waals surface area contributed by atoms with Crippen LogP contribution in [0.3, 0.4) is 0 Å². The van der Waals surface area contributed by atoms with Crippen molar-refractivity contribution in [1.82, 2.24) is 5.32 Å². The summed E-state index contributed by atoms with van der Waals surface area (Å²) in [6, 6.07) is 8.07. The summed E-state index contributed by atoms with van der Waals surface area (Å²) in [4.78, 5) is 13.9. The molecule has 3 nitrogen and oxygen atoms in total. The van der Waals surface area contributed by atoms with Crippen molar-refractivity contribution in [2.45, 2.75) is 19.8 Å². The first-order valence-corrected chi connectivity index (χ1v) is 5.86. The maximum Gasteiger partial charge on any atom is 0.240 e. The van der Waals surface area contributed by atoms with Gasteiger partial charge in [0.1, 0.15) is 0 Å². The van der Waals surface area contributed by atoms with E-state index in [1.807, 2.05) is 23.1 Å². The maximum absolute atomic E-state index is 12.0. The highest BCUT2D eigenvalue weighted by Gasteiger charge is 2.17. The van der Waals surface area contributed by atoms with Crippen LogP contribution in [0.15, 0.2) is 24.3 Å². The van der Waals surface area contributed by atoms with Crippen molar-refractivity contribution in [3.63, 3.8) is 0 Å². The normalized spacial score (nSPS) is 18.1. The molecule has 0 unspecified atom stereocenters. The van der Waals surface area contributed by atoms with Crippen LogP contribution in [-0.4, -0.2) is 25.5 Å². The minimum Gasteiger partial charge on any atom is -0.311 e. The zero-order chi connectivity index (χ0) is 11.4. The summed E-state index contributed by atoms with van der Waals surface area (Å²) in [5.74, 6) is 0.175. The number of carbonyl (C=O) groups is 1. The minimum absolute atomic E-state index is 0.175. The highest BCUT2D eigenvalue weighted by Crippen LogP contribution is 2.20. The Morgan fingerprint density at radius 2 is 2.06 bits per heavy atom. The second-order valence-electron chi connectivity index (χ2n) is 4.22. The molecule has 2 rings (SSSR count). The molecule has 0 aliphatic carbocycles. The summed E-state index contributed by atoms with van der Waals surface area (Å²) >= 11 is 0. The van der Waals surface area contributed by atoms with Gasteiger partial charge in [-0.05, 0) is 37.9 Å². The van der Waals surface area contributed by atoms with Crippen LogP contribution in [0.4, 0.5) is 5.69 Å². The van der Waals surface area contributed by atoms with Crippen LogP contribution >= 0.6 is 0 Å². The lowest BCUT2D eigenvalue weighted by molar-refractivity contribution is -0.118. The average Bonchev–Trinajstić information content (AvgIpc) is 2.26. The van der Waals surface area contributed by atoms with Gasteiger partial charge in [-0.15, -0.1) is 0 Å². The number of aryl methyl sites for hydroxylation is 1. The van der Waals surface area contributed by atoms with Crippen LogP contribution in [0.25, 0.3) is 0 Å². The number of hydrogen-bond acceptors (Lipinski definition) is 2. The molecule has 3 heteroatoms. The molecule has 1 amide bonds. The average molecular weight is 218 g/mol. The van der Waals surface area contributed by atoms with Gasteiger partial charge >= 0.3 is 0 Å². The quantitative estimate of drug-likeness (QED) is 0.778. The molecule has 0 radical (unpaired) electrons. The molecule has 0 atom stereocenters. The number of carbonyl (C=O) groups excluding carboxylic acids is 1. The first-order chi connectivity index (χ1) is 7.79. The fourth-order valence-corrected chi connectivity index (χ4v) is 2.06. The second-order valence-corrected chi connectivity index (χ2v) is 4.22. The molecule has 1 aliphatic rings. The van der Waals surface area contributed by atoms with Crippen LogP contribution in [0, 0.1) is 6.92 Å². The summed E-state index contributed by atoms with van der Waals surface area (Å²) in [5, 5.41) is 3.16. The zero-order valence-corrected chi connectivity index (χ0v) is 9.70. The van der Waals surface area contributed by atoms with E-state index in [0.29, 0.717) is 6.54 Å². The van der Waals surface area contributed by atoms with Crippen LogP contribution in [0.5, 0.6) is 0 Å². The van der Waals surface area contributed by atoms with Gasteiger partial charge in [0.15, 0.2) is 0 Å². The first-order valence-electron chi connectivity index (χ1n) is 5.86. The Kier molecular flexibility index (Phi) is 3.57. The van der Waals surface area contributed by atoms with Crippen LogP contribution < -0.4 is 10.2 Å². The molecule has 1 N–H and O–H groups in total. The van der Waals surface area contributed by atoms with Crippen molar-refractivity contribution in [3.8, 4) is 0 Å². The lowest BCUT2D eigenvalue weighted by Gasteiger charge is -2.26. The predicted molar refractivity (Wildman–Crippen MR) is 65.6 cm³/mol. The molecule has 1 fully saturated rings. The molecule has 1 saturated heterocycles. The maximum atomic E-state index is 12.0. The first kappa shape index (κ1) is 11.1. The molecule has 0 saturated carbocycles. The van der Waals surface area contributed by atoms with Crippen molar-refractivity contribution in [1.29, 1.82) is 0 Å². The minimum atomic E-state index is 0.175. The molecule has 0 bridgehead atoms. The number of rotatable bonds is 1. The van der Waals surface area contributed by atoms with Crippen LogP contribution in [0.2, 0.25) is 0 Å².